The second-order valence-corrected chi connectivity index (χ2v) is 3.66. The highest BCUT2D eigenvalue weighted by Gasteiger charge is 2.17. The molecule has 0 aliphatic carbocycles. The minimum absolute atomic E-state index is 0.0490. The first-order chi connectivity index (χ1) is 7.63. The van der Waals surface area contributed by atoms with E-state index in [0.29, 0.717) is 12.2 Å². The summed E-state index contributed by atoms with van der Waals surface area (Å²) in [5, 5.41) is 13.1. The third-order valence-electron chi connectivity index (χ3n) is 2.04. The standard InChI is InChI=1S/C9H9ClN4O2/c1-2-3-6-12-9-11-4-5(10)7(8(15)16)14(9)13-6/h4H,2-3H2,1H3,(H,15,16). The van der Waals surface area contributed by atoms with Crippen LogP contribution in [0.3, 0.4) is 0 Å². The fourth-order valence-corrected chi connectivity index (χ4v) is 1.59. The summed E-state index contributed by atoms with van der Waals surface area (Å²) in [5.41, 5.74) is -0.110. The van der Waals surface area contributed by atoms with Gasteiger partial charge >= 0.3 is 5.97 Å². The van der Waals surface area contributed by atoms with Gasteiger partial charge in [-0.1, -0.05) is 18.5 Å². The van der Waals surface area contributed by atoms with E-state index >= 15 is 0 Å². The first kappa shape index (κ1) is 10.8. The Balaban J connectivity index is 2.67. The Kier molecular flexibility index (Phi) is 2.74. The number of hydrogen-bond donors (Lipinski definition) is 1. The molecule has 6 nitrogen and oxygen atoms in total. The lowest BCUT2D eigenvalue weighted by atomic mass is 10.3. The molecular weight excluding hydrogens is 232 g/mol. The topological polar surface area (TPSA) is 80.4 Å². The van der Waals surface area contributed by atoms with Crippen LogP contribution in [0.2, 0.25) is 5.02 Å². The van der Waals surface area contributed by atoms with E-state index in [1.807, 2.05) is 6.92 Å². The Morgan fingerprint density at radius 2 is 2.38 bits per heavy atom. The van der Waals surface area contributed by atoms with Gasteiger partial charge in [0.1, 0.15) is 0 Å². The van der Waals surface area contributed by atoms with E-state index in [0.717, 1.165) is 10.9 Å². The van der Waals surface area contributed by atoms with Gasteiger partial charge in [0.15, 0.2) is 11.5 Å². The van der Waals surface area contributed by atoms with E-state index in [2.05, 4.69) is 15.1 Å². The molecule has 84 valence electrons. The summed E-state index contributed by atoms with van der Waals surface area (Å²) in [5.74, 6) is -0.324. The number of carboxylic acids is 1. The molecule has 2 rings (SSSR count). The monoisotopic (exact) mass is 240 g/mol. The molecule has 2 aromatic heterocycles. The summed E-state index contributed by atoms with van der Waals surface area (Å²) in [6.07, 6.45) is 2.83. The number of aromatic carboxylic acids is 1. The zero-order valence-corrected chi connectivity index (χ0v) is 9.27. The Bertz CT molecular complexity index is 552. The zero-order valence-electron chi connectivity index (χ0n) is 8.51. The first-order valence-electron chi connectivity index (χ1n) is 4.77. The van der Waals surface area contributed by atoms with E-state index in [-0.39, 0.29) is 16.5 Å². The minimum atomic E-state index is -1.15. The Morgan fingerprint density at radius 3 is 3.00 bits per heavy atom. The number of hydrogen-bond acceptors (Lipinski definition) is 4. The molecule has 0 aromatic carbocycles. The van der Waals surface area contributed by atoms with E-state index in [9.17, 15) is 4.79 Å². The van der Waals surface area contributed by atoms with Crippen LogP contribution in [0.25, 0.3) is 5.78 Å². The van der Waals surface area contributed by atoms with Crippen LogP contribution >= 0.6 is 11.6 Å². The summed E-state index contributed by atoms with van der Waals surface area (Å²) in [4.78, 5) is 19.0. The number of carbonyl (C=O) groups is 1. The number of fused-ring (bicyclic) bond motifs is 1. The smallest absolute Gasteiger partial charge is 0.356 e. The van der Waals surface area contributed by atoms with Crippen molar-refractivity contribution in [3.8, 4) is 0 Å². The van der Waals surface area contributed by atoms with Gasteiger partial charge in [-0.15, -0.1) is 5.10 Å². The quantitative estimate of drug-likeness (QED) is 0.878. The number of carboxylic acid groups (broad SMARTS) is 1. The fourth-order valence-electron chi connectivity index (χ4n) is 1.38. The van der Waals surface area contributed by atoms with E-state index in [1.165, 1.54) is 6.20 Å². The van der Waals surface area contributed by atoms with Crippen LogP contribution in [0.15, 0.2) is 6.20 Å². The van der Waals surface area contributed by atoms with Crippen molar-refractivity contribution < 1.29 is 9.90 Å². The number of nitrogens with zero attached hydrogens (tertiary/aromatic N) is 4. The third kappa shape index (κ3) is 1.71. The van der Waals surface area contributed by atoms with Crippen LogP contribution in [0.1, 0.15) is 29.7 Å². The largest absolute Gasteiger partial charge is 0.476 e. The molecule has 0 unspecified atom stereocenters. The molecule has 0 fully saturated rings. The summed E-state index contributed by atoms with van der Waals surface area (Å²) in [6.45, 7) is 1.99. The molecule has 0 aliphatic rings. The molecule has 2 heterocycles. The average Bonchev–Trinajstić information content (AvgIpc) is 2.59. The van der Waals surface area contributed by atoms with Crippen molar-refractivity contribution in [3.05, 3.63) is 22.7 Å². The molecule has 0 atom stereocenters. The van der Waals surface area contributed by atoms with Crippen molar-refractivity contribution in [2.24, 2.45) is 0 Å². The van der Waals surface area contributed by atoms with Crippen molar-refractivity contribution in [1.82, 2.24) is 19.6 Å². The minimum Gasteiger partial charge on any atom is -0.476 e. The van der Waals surface area contributed by atoms with Crippen LogP contribution in [-0.2, 0) is 6.42 Å². The second-order valence-electron chi connectivity index (χ2n) is 3.25. The summed E-state index contributed by atoms with van der Waals surface area (Å²) < 4.78 is 1.16. The molecule has 0 spiro atoms. The average molecular weight is 241 g/mol. The van der Waals surface area contributed by atoms with Gasteiger partial charge in [-0.25, -0.2) is 9.78 Å². The number of aromatic nitrogens is 4. The van der Waals surface area contributed by atoms with Crippen LogP contribution in [-0.4, -0.2) is 30.7 Å². The number of rotatable bonds is 3. The summed E-state index contributed by atoms with van der Waals surface area (Å²) in [7, 11) is 0. The highest BCUT2D eigenvalue weighted by Crippen LogP contribution is 2.15. The van der Waals surface area contributed by atoms with Gasteiger partial charge in [0, 0.05) is 6.42 Å². The lowest BCUT2D eigenvalue weighted by molar-refractivity contribution is 0.0687. The summed E-state index contributed by atoms with van der Waals surface area (Å²) >= 11 is 5.75. The molecule has 0 amide bonds. The highest BCUT2D eigenvalue weighted by atomic mass is 35.5. The van der Waals surface area contributed by atoms with Crippen molar-refractivity contribution in [1.29, 1.82) is 0 Å². The molecule has 0 saturated carbocycles. The van der Waals surface area contributed by atoms with Crippen molar-refractivity contribution >= 4 is 23.3 Å². The summed E-state index contributed by atoms with van der Waals surface area (Å²) in [6, 6.07) is 0. The van der Waals surface area contributed by atoms with Crippen LogP contribution in [0.4, 0.5) is 0 Å². The van der Waals surface area contributed by atoms with Gasteiger partial charge in [0.2, 0.25) is 0 Å². The first-order valence-corrected chi connectivity index (χ1v) is 5.14. The van der Waals surface area contributed by atoms with E-state index < -0.39 is 5.97 Å². The maximum absolute atomic E-state index is 11.0. The highest BCUT2D eigenvalue weighted by molar-refractivity contribution is 6.33. The van der Waals surface area contributed by atoms with E-state index in [1.54, 1.807) is 0 Å². The van der Waals surface area contributed by atoms with E-state index in [4.69, 9.17) is 16.7 Å². The van der Waals surface area contributed by atoms with Gasteiger partial charge in [0.05, 0.1) is 11.2 Å². The molecule has 0 saturated heterocycles. The lowest BCUT2D eigenvalue weighted by Gasteiger charge is -1.99. The zero-order chi connectivity index (χ0) is 11.7. The molecule has 0 aliphatic heterocycles. The van der Waals surface area contributed by atoms with Gasteiger partial charge in [-0.2, -0.15) is 9.50 Å². The van der Waals surface area contributed by atoms with Crippen LogP contribution in [0, 0.1) is 0 Å². The van der Waals surface area contributed by atoms with Crippen LogP contribution in [0.5, 0.6) is 0 Å². The SMILES string of the molecule is CCCc1nc2ncc(Cl)c(C(=O)O)n2n1. The van der Waals surface area contributed by atoms with Crippen LogP contribution < -0.4 is 0 Å². The molecule has 7 heteroatoms. The molecule has 16 heavy (non-hydrogen) atoms. The third-order valence-corrected chi connectivity index (χ3v) is 2.32. The fraction of sp³-hybridized carbons (Fsp3) is 0.333. The predicted octanol–water partition coefficient (Wildman–Crippen LogP) is 1.43. The molecule has 1 N–H and O–H groups in total. The number of halogens is 1. The number of aryl methyl sites for hydroxylation is 1. The van der Waals surface area contributed by atoms with Crippen molar-refractivity contribution in [2.45, 2.75) is 19.8 Å². The van der Waals surface area contributed by atoms with Gasteiger partial charge in [-0.05, 0) is 6.42 Å². The normalized spacial score (nSPS) is 10.9. The van der Waals surface area contributed by atoms with Gasteiger partial charge in [0.25, 0.3) is 5.78 Å². The molecule has 0 radical (unpaired) electrons. The Hall–Kier alpha value is -1.69. The molecule has 0 bridgehead atoms. The second kappa shape index (κ2) is 4.05. The maximum atomic E-state index is 11.0. The molecular formula is C9H9ClN4O2. The van der Waals surface area contributed by atoms with Gasteiger partial charge in [-0.3, -0.25) is 0 Å². The van der Waals surface area contributed by atoms with Gasteiger partial charge < -0.3 is 5.11 Å². The maximum Gasteiger partial charge on any atom is 0.356 e. The van der Waals surface area contributed by atoms with Crippen molar-refractivity contribution in [2.75, 3.05) is 0 Å². The molecule has 2 aromatic rings. The Morgan fingerprint density at radius 1 is 1.62 bits per heavy atom. The Labute approximate surface area is 95.9 Å². The van der Waals surface area contributed by atoms with Crippen molar-refractivity contribution in [3.63, 3.8) is 0 Å². The predicted molar refractivity (Wildman–Crippen MR) is 56.7 cm³/mol. The lowest BCUT2D eigenvalue weighted by Crippen LogP contribution is -2.08.